The number of hydrogen-bond acceptors (Lipinski definition) is 7. The van der Waals surface area contributed by atoms with Crippen LogP contribution in [0.3, 0.4) is 0 Å². The molecule has 2 aromatic carbocycles. The molecule has 0 aliphatic carbocycles. The summed E-state index contributed by atoms with van der Waals surface area (Å²) in [6.45, 7) is 4.61. The molecule has 172 valence electrons. The highest BCUT2D eigenvalue weighted by Crippen LogP contribution is 2.45. The van der Waals surface area contributed by atoms with Crippen LogP contribution in [0.4, 0.5) is 5.69 Å². The van der Waals surface area contributed by atoms with Gasteiger partial charge in [0, 0.05) is 12.0 Å². The molecule has 1 aromatic heterocycles. The van der Waals surface area contributed by atoms with E-state index in [1.807, 2.05) is 61.7 Å². The minimum atomic E-state index is -0.756. The zero-order chi connectivity index (χ0) is 23.2. The Morgan fingerprint density at radius 1 is 1.09 bits per heavy atom. The van der Waals surface area contributed by atoms with E-state index in [0.29, 0.717) is 41.2 Å². The van der Waals surface area contributed by atoms with Crippen molar-refractivity contribution in [2.45, 2.75) is 50.9 Å². The highest BCUT2D eigenvalue weighted by molar-refractivity contribution is 7.98. The molecule has 3 aromatic rings. The molecular formula is C25H28N4O3S. The van der Waals surface area contributed by atoms with Crippen molar-refractivity contribution in [3.8, 4) is 22.9 Å². The second kappa shape index (κ2) is 10.7. The topological polar surface area (TPSA) is 77.4 Å². The van der Waals surface area contributed by atoms with Gasteiger partial charge in [-0.15, -0.1) is 10.2 Å². The molecule has 8 heteroatoms. The number of carbonyl (C=O) groups excluding carboxylic acids is 1. The monoisotopic (exact) mass is 464 g/mol. The average Bonchev–Trinajstić information content (AvgIpc) is 3.00. The number of aromatic nitrogens is 3. The molecule has 0 radical (unpaired) electrons. The molecule has 1 unspecified atom stereocenters. The van der Waals surface area contributed by atoms with Crippen LogP contribution in [-0.4, -0.2) is 34.0 Å². The van der Waals surface area contributed by atoms with Crippen molar-refractivity contribution in [2.24, 2.45) is 0 Å². The lowest BCUT2D eigenvalue weighted by Crippen LogP contribution is -2.37. The number of amides is 1. The number of fused-ring (bicyclic) bond motifs is 3. The number of anilines is 1. The van der Waals surface area contributed by atoms with E-state index in [1.165, 1.54) is 11.8 Å². The van der Waals surface area contributed by atoms with Gasteiger partial charge in [-0.05, 0) is 30.9 Å². The second-order valence-electron chi connectivity index (χ2n) is 7.65. The van der Waals surface area contributed by atoms with Gasteiger partial charge >= 0.3 is 0 Å². The van der Waals surface area contributed by atoms with Crippen LogP contribution in [-0.2, 0) is 4.79 Å². The van der Waals surface area contributed by atoms with Crippen LogP contribution < -0.4 is 14.4 Å². The lowest BCUT2D eigenvalue weighted by Gasteiger charge is -2.31. The normalized spacial score (nSPS) is 14.6. The first-order valence-electron chi connectivity index (χ1n) is 11.3. The number of benzene rings is 2. The van der Waals surface area contributed by atoms with Gasteiger partial charge < -0.3 is 9.47 Å². The number of unbranched alkanes of at least 4 members (excludes halogenated alkanes) is 2. The predicted molar refractivity (Wildman–Crippen MR) is 130 cm³/mol. The number of hydrogen-bond donors (Lipinski definition) is 0. The number of carbonyl (C=O) groups is 1. The zero-order valence-corrected chi connectivity index (χ0v) is 20.0. The van der Waals surface area contributed by atoms with E-state index in [0.717, 1.165) is 30.4 Å². The maximum absolute atomic E-state index is 13.3. The van der Waals surface area contributed by atoms with Crippen LogP contribution in [0.2, 0.25) is 0 Å². The SMILES string of the molecule is CCCCCOc1ccccc1C1Oc2nc(SC)nnc2-c2ccccc2N1C(=O)CC. The van der Waals surface area contributed by atoms with Crippen molar-refractivity contribution < 1.29 is 14.3 Å². The molecule has 7 nitrogen and oxygen atoms in total. The summed E-state index contributed by atoms with van der Waals surface area (Å²) in [7, 11) is 0. The quantitative estimate of drug-likeness (QED) is 0.314. The molecule has 0 fully saturated rings. The van der Waals surface area contributed by atoms with Gasteiger partial charge in [0.15, 0.2) is 5.69 Å². The van der Waals surface area contributed by atoms with Crippen LogP contribution in [0.15, 0.2) is 53.7 Å². The van der Waals surface area contributed by atoms with Crippen LogP contribution >= 0.6 is 11.8 Å². The fourth-order valence-electron chi connectivity index (χ4n) is 3.79. The minimum Gasteiger partial charge on any atom is -0.493 e. The summed E-state index contributed by atoms with van der Waals surface area (Å²) in [6.07, 6.45) is 4.63. The molecule has 4 rings (SSSR count). The Labute approximate surface area is 198 Å². The van der Waals surface area contributed by atoms with Crippen LogP contribution in [0.1, 0.15) is 51.3 Å². The van der Waals surface area contributed by atoms with E-state index in [4.69, 9.17) is 9.47 Å². The summed E-state index contributed by atoms with van der Waals surface area (Å²) in [5.74, 6) is 0.971. The largest absolute Gasteiger partial charge is 0.493 e. The Balaban J connectivity index is 1.86. The lowest BCUT2D eigenvalue weighted by atomic mass is 10.1. The second-order valence-corrected chi connectivity index (χ2v) is 8.42. The fourth-order valence-corrected chi connectivity index (χ4v) is 4.09. The number of thioether (sulfide) groups is 1. The van der Waals surface area contributed by atoms with Crippen LogP contribution in [0.25, 0.3) is 11.3 Å². The van der Waals surface area contributed by atoms with Gasteiger partial charge in [0.25, 0.3) is 0 Å². The molecule has 1 atom stereocenters. The molecule has 1 aliphatic heterocycles. The summed E-state index contributed by atoms with van der Waals surface area (Å²) in [6, 6.07) is 15.3. The summed E-state index contributed by atoms with van der Waals surface area (Å²) in [5.41, 5.74) is 2.75. The summed E-state index contributed by atoms with van der Waals surface area (Å²) in [5, 5.41) is 9.12. The van der Waals surface area contributed by atoms with E-state index in [9.17, 15) is 4.79 Å². The van der Waals surface area contributed by atoms with Gasteiger partial charge in [0.05, 0.1) is 17.9 Å². The van der Waals surface area contributed by atoms with Gasteiger partial charge in [0.1, 0.15) is 5.75 Å². The first-order valence-corrected chi connectivity index (χ1v) is 12.5. The Morgan fingerprint density at radius 2 is 1.88 bits per heavy atom. The van der Waals surface area contributed by atoms with Crippen molar-refractivity contribution in [3.63, 3.8) is 0 Å². The van der Waals surface area contributed by atoms with E-state index < -0.39 is 6.23 Å². The zero-order valence-electron chi connectivity index (χ0n) is 19.2. The van der Waals surface area contributed by atoms with Gasteiger partial charge in [-0.2, -0.15) is 4.98 Å². The third-order valence-corrected chi connectivity index (χ3v) is 5.99. The Bertz CT molecular complexity index is 1120. The molecular weight excluding hydrogens is 436 g/mol. The molecule has 33 heavy (non-hydrogen) atoms. The van der Waals surface area contributed by atoms with Gasteiger partial charge in [0.2, 0.25) is 23.2 Å². The first-order chi connectivity index (χ1) is 16.2. The third-order valence-electron chi connectivity index (χ3n) is 5.46. The van der Waals surface area contributed by atoms with Crippen LogP contribution in [0, 0.1) is 0 Å². The van der Waals surface area contributed by atoms with Crippen molar-refractivity contribution in [2.75, 3.05) is 17.8 Å². The molecule has 0 bridgehead atoms. The molecule has 2 heterocycles. The number of nitrogens with zero attached hydrogens (tertiary/aromatic N) is 4. The van der Waals surface area contributed by atoms with E-state index in [1.54, 1.807) is 4.90 Å². The smallest absolute Gasteiger partial charge is 0.247 e. The number of ether oxygens (including phenoxy) is 2. The molecule has 1 amide bonds. The van der Waals surface area contributed by atoms with Crippen LogP contribution in [0.5, 0.6) is 11.6 Å². The van der Waals surface area contributed by atoms with Gasteiger partial charge in [-0.3, -0.25) is 9.69 Å². The van der Waals surface area contributed by atoms with Gasteiger partial charge in [-0.25, -0.2) is 0 Å². The highest BCUT2D eigenvalue weighted by atomic mass is 32.2. The first kappa shape index (κ1) is 23.0. The standard InChI is InChI=1S/C25H28N4O3S/c1-4-6-11-16-31-20-15-10-8-13-18(20)24-29(21(30)5-2)19-14-9-7-12-17(19)22-23(32-24)26-25(33-3)28-27-22/h7-10,12-15,24H,4-6,11,16H2,1-3H3. The number of para-hydroxylation sites is 2. The fraction of sp³-hybridized carbons (Fsp3) is 0.360. The molecule has 1 aliphatic rings. The summed E-state index contributed by atoms with van der Waals surface area (Å²) >= 11 is 1.39. The van der Waals surface area contributed by atoms with E-state index >= 15 is 0 Å². The predicted octanol–water partition coefficient (Wildman–Crippen LogP) is 5.66. The highest BCUT2D eigenvalue weighted by Gasteiger charge is 2.36. The van der Waals surface area contributed by atoms with E-state index in [-0.39, 0.29) is 5.91 Å². The summed E-state index contributed by atoms with van der Waals surface area (Å²) < 4.78 is 12.6. The van der Waals surface area contributed by atoms with E-state index in [2.05, 4.69) is 22.1 Å². The van der Waals surface area contributed by atoms with Gasteiger partial charge in [-0.1, -0.05) is 68.8 Å². The summed E-state index contributed by atoms with van der Waals surface area (Å²) in [4.78, 5) is 19.6. The molecule has 0 N–H and O–H groups in total. The molecule has 0 saturated heterocycles. The Hall–Kier alpha value is -3.13. The van der Waals surface area contributed by atoms with Crippen molar-refractivity contribution >= 4 is 23.4 Å². The van der Waals surface area contributed by atoms with Crippen molar-refractivity contribution in [1.82, 2.24) is 15.2 Å². The average molecular weight is 465 g/mol. The maximum atomic E-state index is 13.3. The number of rotatable bonds is 8. The maximum Gasteiger partial charge on any atom is 0.247 e. The Morgan fingerprint density at radius 3 is 2.67 bits per heavy atom. The minimum absolute atomic E-state index is 0.0703. The molecule has 0 saturated carbocycles. The van der Waals surface area contributed by atoms with Crippen molar-refractivity contribution in [3.05, 3.63) is 54.1 Å². The lowest BCUT2D eigenvalue weighted by molar-refractivity contribution is -0.120. The van der Waals surface area contributed by atoms with Crippen molar-refractivity contribution in [1.29, 1.82) is 0 Å². The molecule has 0 spiro atoms. The third kappa shape index (κ3) is 4.80. The Kier molecular flexibility index (Phi) is 7.44.